The molecule has 1 unspecified atom stereocenters. The minimum Gasteiger partial charge on any atom is -0.399 e. The van der Waals surface area contributed by atoms with E-state index in [0.29, 0.717) is 6.42 Å². The van der Waals surface area contributed by atoms with Gasteiger partial charge >= 0.3 is 0 Å². The largest absolute Gasteiger partial charge is 0.399 e. The van der Waals surface area contributed by atoms with Crippen LogP contribution in [0.1, 0.15) is 20.3 Å². The van der Waals surface area contributed by atoms with E-state index in [1.165, 1.54) is 0 Å². The highest BCUT2D eigenvalue weighted by Gasteiger charge is 2.48. The topological polar surface area (TPSA) is 72.2 Å². The van der Waals surface area contributed by atoms with Gasteiger partial charge in [0.2, 0.25) is 10.0 Å². The first-order valence-corrected chi connectivity index (χ1v) is 6.89. The summed E-state index contributed by atoms with van der Waals surface area (Å²) in [5.74, 6) is -2.36. The summed E-state index contributed by atoms with van der Waals surface area (Å²) < 4.78 is 53.1. The van der Waals surface area contributed by atoms with E-state index in [9.17, 15) is 17.2 Å². The van der Waals surface area contributed by atoms with Crippen molar-refractivity contribution in [3.63, 3.8) is 0 Å². The van der Waals surface area contributed by atoms with Crippen LogP contribution in [0.15, 0.2) is 17.0 Å². The second-order valence-electron chi connectivity index (χ2n) is 5.18. The van der Waals surface area contributed by atoms with E-state index in [1.807, 2.05) is 13.8 Å². The second kappa shape index (κ2) is 3.89. The number of hydrogen-bond donors (Lipinski definition) is 2. The normalized spacial score (nSPS) is 21.9. The third-order valence-corrected chi connectivity index (χ3v) is 4.62. The van der Waals surface area contributed by atoms with E-state index in [-0.39, 0.29) is 17.1 Å². The molecule has 0 amide bonds. The molecule has 1 aromatic carbocycles. The van der Waals surface area contributed by atoms with E-state index < -0.39 is 26.6 Å². The van der Waals surface area contributed by atoms with Gasteiger partial charge in [-0.25, -0.2) is 21.9 Å². The molecule has 18 heavy (non-hydrogen) atoms. The first kappa shape index (κ1) is 13.2. The Balaban J connectivity index is 2.36. The number of nitrogens with one attached hydrogen (secondary N) is 1. The molecule has 0 heterocycles. The van der Waals surface area contributed by atoms with Crippen LogP contribution in [0.5, 0.6) is 0 Å². The summed E-state index contributed by atoms with van der Waals surface area (Å²) in [5.41, 5.74) is 4.90. The number of nitrogens with two attached hydrogens (primary N) is 1. The van der Waals surface area contributed by atoms with Crippen LogP contribution in [0.4, 0.5) is 14.5 Å². The molecular weight excluding hydrogens is 262 g/mol. The van der Waals surface area contributed by atoms with Crippen LogP contribution in [0, 0.1) is 17.0 Å². The third-order valence-electron chi connectivity index (χ3n) is 3.10. The lowest BCUT2D eigenvalue weighted by Crippen LogP contribution is -2.30. The van der Waals surface area contributed by atoms with Gasteiger partial charge in [0.05, 0.1) is 0 Å². The Morgan fingerprint density at radius 1 is 1.33 bits per heavy atom. The van der Waals surface area contributed by atoms with Crippen LogP contribution in [-0.2, 0) is 10.0 Å². The molecule has 1 saturated carbocycles. The fraction of sp³-hybridized carbons (Fsp3) is 0.455. The van der Waals surface area contributed by atoms with Gasteiger partial charge in [-0.1, -0.05) is 13.8 Å². The lowest BCUT2D eigenvalue weighted by Gasteiger charge is -2.10. The zero-order valence-corrected chi connectivity index (χ0v) is 10.8. The van der Waals surface area contributed by atoms with Gasteiger partial charge in [-0.15, -0.1) is 0 Å². The van der Waals surface area contributed by atoms with Crippen LogP contribution in [-0.4, -0.2) is 14.5 Å². The highest BCUT2D eigenvalue weighted by Crippen LogP contribution is 2.45. The minimum absolute atomic E-state index is 0.157. The summed E-state index contributed by atoms with van der Waals surface area (Å²) in [6.45, 7) is 3.74. The minimum atomic E-state index is -4.20. The molecule has 7 heteroatoms. The van der Waals surface area contributed by atoms with Crippen molar-refractivity contribution in [2.75, 3.05) is 5.73 Å². The Hall–Kier alpha value is -1.21. The highest BCUT2D eigenvalue weighted by atomic mass is 32.2. The van der Waals surface area contributed by atoms with Gasteiger partial charge in [0.1, 0.15) is 11.6 Å². The number of sulfonamides is 1. The van der Waals surface area contributed by atoms with Crippen molar-refractivity contribution >= 4 is 15.7 Å². The molecular formula is C11H14F2N2O2S. The van der Waals surface area contributed by atoms with E-state index in [1.54, 1.807) is 0 Å². The molecule has 100 valence electrons. The summed E-state index contributed by atoms with van der Waals surface area (Å²) in [6.07, 6.45) is 0.643. The number of halogens is 2. The zero-order valence-electron chi connectivity index (χ0n) is 10.00. The molecule has 3 N–H and O–H groups in total. The molecule has 0 radical (unpaired) electrons. The molecule has 1 fully saturated rings. The fourth-order valence-electron chi connectivity index (χ4n) is 1.75. The number of benzene rings is 1. The van der Waals surface area contributed by atoms with Crippen LogP contribution in [0.3, 0.4) is 0 Å². The maximum atomic E-state index is 13.5. The van der Waals surface area contributed by atoms with Crippen molar-refractivity contribution < 1.29 is 17.2 Å². The van der Waals surface area contributed by atoms with Gasteiger partial charge in [-0.05, 0) is 24.0 Å². The van der Waals surface area contributed by atoms with Gasteiger partial charge in [0.15, 0.2) is 4.90 Å². The Labute approximate surface area is 104 Å². The first-order valence-electron chi connectivity index (χ1n) is 5.40. The molecule has 0 spiro atoms. The maximum absolute atomic E-state index is 13.5. The van der Waals surface area contributed by atoms with Crippen LogP contribution < -0.4 is 10.5 Å². The lowest BCUT2D eigenvalue weighted by atomic mass is 10.2. The van der Waals surface area contributed by atoms with Gasteiger partial charge in [-0.3, -0.25) is 0 Å². The SMILES string of the molecule is CC1(C)CC1NS(=O)(=O)c1c(F)cc(N)cc1F. The zero-order chi connectivity index (χ0) is 13.7. The van der Waals surface area contributed by atoms with E-state index in [4.69, 9.17) is 5.73 Å². The van der Waals surface area contributed by atoms with Crippen molar-refractivity contribution in [1.82, 2.24) is 4.72 Å². The van der Waals surface area contributed by atoms with Crippen molar-refractivity contribution in [3.05, 3.63) is 23.8 Å². The van der Waals surface area contributed by atoms with Crippen molar-refractivity contribution in [1.29, 1.82) is 0 Å². The molecule has 1 aromatic rings. The molecule has 2 rings (SSSR count). The molecule has 4 nitrogen and oxygen atoms in total. The summed E-state index contributed by atoms with van der Waals surface area (Å²) in [7, 11) is -4.20. The summed E-state index contributed by atoms with van der Waals surface area (Å²) in [4.78, 5) is -0.973. The fourth-order valence-corrected chi connectivity index (χ4v) is 3.28. The number of hydrogen-bond acceptors (Lipinski definition) is 3. The predicted octanol–water partition coefficient (Wildman–Crippen LogP) is 1.62. The Bertz CT molecular complexity index is 576. The van der Waals surface area contributed by atoms with Crippen molar-refractivity contribution in [2.45, 2.75) is 31.2 Å². The number of nitrogen functional groups attached to an aromatic ring is 1. The van der Waals surface area contributed by atoms with E-state index in [2.05, 4.69) is 4.72 Å². The molecule has 0 aromatic heterocycles. The van der Waals surface area contributed by atoms with Crippen molar-refractivity contribution in [3.8, 4) is 0 Å². The van der Waals surface area contributed by atoms with Gasteiger partial charge in [-0.2, -0.15) is 0 Å². The van der Waals surface area contributed by atoms with Crippen LogP contribution in [0.2, 0.25) is 0 Å². The molecule has 1 aliphatic carbocycles. The lowest BCUT2D eigenvalue weighted by molar-refractivity contribution is 0.508. The van der Waals surface area contributed by atoms with E-state index >= 15 is 0 Å². The summed E-state index contributed by atoms with van der Waals surface area (Å²) >= 11 is 0. The first-order chi connectivity index (χ1) is 8.13. The van der Waals surface area contributed by atoms with Crippen LogP contribution in [0.25, 0.3) is 0 Å². The number of rotatable bonds is 3. The monoisotopic (exact) mass is 276 g/mol. The number of anilines is 1. The maximum Gasteiger partial charge on any atom is 0.246 e. The molecule has 1 aliphatic rings. The molecule has 1 atom stereocenters. The van der Waals surface area contributed by atoms with Gasteiger partial charge in [0.25, 0.3) is 0 Å². The Kier molecular flexibility index (Phi) is 2.86. The van der Waals surface area contributed by atoms with Crippen LogP contribution >= 0.6 is 0 Å². The Morgan fingerprint density at radius 3 is 2.17 bits per heavy atom. The van der Waals surface area contributed by atoms with Gasteiger partial charge in [0, 0.05) is 11.7 Å². The van der Waals surface area contributed by atoms with E-state index in [0.717, 1.165) is 12.1 Å². The Morgan fingerprint density at radius 2 is 1.78 bits per heavy atom. The third kappa shape index (κ3) is 2.32. The predicted molar refractivity (Wildman–Crippen MR) is 63.3 cm³/mol. The van der Waals surface area contributed by atoms with Crippen molar-refractivity contribution in [2.24, 2.45) is 5.41 Å². The summed E-state index contributed by atoms with van der Waals surface area (Å²) in [5, 5.41) is 0. The average molecular weight is 276 g/mol. The molecule has 0 bridgehead atoms. The quantitative estimate of drug-likeness (QED) is 0.824. The molecule has 0 aliphatic heterocycles. The highest BCUT2D eigenvalue weighted by molar-refractivity contribution is 7.89. The summed E-state index contributed by atoms with van der Waals surface area (Å²) in [6, 6.07) is 1.28. The smallest absolute Gasteiger partial charge is 0.246 e. The van der Waals surface area contributed by atoms with Gasteiger partial charge < -0.3 is 5.73 Å². The second-order valence-corrected chi connectivity index (χ2v) is 6.83. The molecule has 0 saturated heterocycles. The average Bonchev–Trinajstić information content (AvgIpc) is 2.68. The standard InChI is InChI=1S/C11H14F2N2O2S/c1-11(2)5-9(11)15-18(16,17)10-7(12)3-6(14)4-8(10)13/h3-4,9,15H,5,14H2,1-2H3.